The molecule has 0 aromatic rings. The van der Waals surface area contributed by atoms with Crippen molar-refractivity contribution in [3.8, 4) is 0 Å². The minimum absolute atomic E-state index is 0.0378. The summed E-state index contributed by atoms with van der Waals surface area (Å²) in [7, 11) is 0. The van der Waals surface area contributed by atoms with E-state index in [0.29, 0.717) is 94.4 Å². The molecule has 0 radical (unpaired) electrons. The van der Waals surface area contributed by atoms with Crippen molar-refractivity contribution in [3.05, 3.63) is 58.2 Å². The predicted molar refractivity (Wildman–Crippen MR) is 383 cm³/mol. The summed E-state index contributed by atoms with van der Waals surface area (Å²) in [6.45, 7) is 42.6. The maximum absolute atomic E-state index is 12.1. The summed E-state index contributed by atoms with van der Waals surface area (Å²) >= 11 is 0. The lowest BCUT2D eigenvalue weighted by Gasteiger charge is -2.51. The number of rotatable bonds is 20. The lowest BCUT2D eigenvalue weighted by Crippen LogP contribution is -2.51. The highest BCUT2D eigenvalue weighted by Crippen LogP contribution is 2.64. The van der Waals surface area contributed by atoms with Gasteiger partial charge in [0.2, 0.25) is 0 Å². The van der Waals surface area contributed by atoms with Gasteiger partial charge in [-0.25, -0.2) is 0 Å². The van der Waals surface area contributed by atoms with Crippen molar-refractivity contribution >= 4 is 29.8 Å². The summed E-state index contributed by atoms with van der Waals surface area (Å²) in [5, 5.41) is 0. The van der Waals surface area contributed by atoms with E-state index in [1.807, 2.05) is 104 Å². The number of nitrogens with two attached hydrogens (primary N) is 5. The van der Waals surface area contributed by atoms with Gasteiger partial charge in [-0.2, -0.15) is 0 Å². The molecule has 5 saturated carbocycles. The van der Waals surface area contributed by atoms with Gasteiger partial charge in [0, 0.05) is 0 Å². The largest absolute Gasteiger partial charge is 0.460 e. The molecule has 15 heteroatoms. The molecule has 0 saturated heterocycles. The molecule has 0 aliphatic heterocycles. The Kier molecular flexibility index (Phi) is 26.2. The molecule has 0 amide bonds. The van der Waals surface area contributed by atoms with Gasteiger partial charge in [0.05, 0.1) is 32.1 Å². The quantitative estimate of drug-likeness (QED) is 0.0431. The average molecular weight is 1330 g/mol. The van der Waals surface area contributed by atoms with Crippen LogP contribution in [0.15, 0.2) is 58.2 Å². The van der Waals surface area contributed by atoms with E-state index < -0.39 is 28.0 Å². The molecule has 15 nitrogen and oxygen atoms in total. The lowest BCUT2D eigenvalue weighted by atomic mass is 9.53. The van der Waals surface area contributed by atoms with Crippen LogP contribution in [0.25, 0.3) is 0 Å². The summed E-state index contributed by atoms with van der Waals surface area (Å²) in [6.07, 6.45) is 31.3. The average Bonchev–Trinajstić information content (AvgIpc) is 1.72. The second kappa shape index (κ2) is 31.2. The standard InChI is InChI=1S/5C16H27NO2/c5*1-5-11-6-12-8-16(10-17,13(12)7-11)9-14(18)19-15(2,3)4/h5*7,12-13H,5-6,8-10,17H2,1-4H3/t2*12-,13-,16+;3*12-,13-,16-/m10110/s1. The second-order valence-electron chi connectivity index (χ2n) is 36.0. The summed E-state index contributed by atoms with van der Waals surface area (Å²) < 4.78 is 27.3. The lowest BCUT2D eigenvalue weighted by molar-refractivity contribution is -0.163. The van der Waals surface area contributed by atoms with Crippen LogP contribution >= 0.6 is 0 Å². The molecular formula is C80H135N5O10. The van der Waals surface area contributed by atoms with Crippen LogP contribution in [0.4, 0.5) is 0 Å². The molecular weight excluding hydrogens is 1190 g/mol. The molecule has 10 aliphatic rings. The van der Waals surface area contributed by atoms with E-state index in [1.54, 1.807) is 0 Å². The fourth-order valence-corrected chi connectivity index (χ4v) is 18.5. The fourth-order valence-electron chi connectivity index (χ4n) is 18.5. The van der Waals surface area contributed by atoms with E-state index in [9.17, 15) is 24.0 Å². The Hall–Kier alpha value is -4.15. The molecule has 5 fully saturated rings. The molecule has 15 atom stereocenters. The number of hydrogen-bond donors (Lipinski definition) is 5. The van der Waals surface area contributed by atoms with Gasteiger partial charge in [0.25, 0.3) is 0 Å². The van der Waals surface area contributed by atoms with E-state index in [4.69, 9.17) is 52.4 Å². The Labute approximate surface area is 575 Å². The predicted octanol–water partition coefficient (Wildman–Crippen LogP) is 15.2. The van der Waals surface area contributed by atoms with Gasteiger partial charge in [-0.1, -0.05) is 92.9 Å². The number of hydrogen-bond acceptors (Lipinski definition) is 15. The zero-order valence-electron chi connectivity index (χ0n) is 63.3. The fraction of sp³-hybridized carbons (Fsp3) is 0.812. The molecule has 0 aromatic heterocycles. The Morgan fingerprint density at radius 3 is 0.547 bits per heavy atom. The van der Waals surface area contributed by atoms with E-state index in [1.165, 1.54) is 60.0 Å². The highest BCUT2D eigenvalue weighted by atomic mass is 16.6. The van der Waals surface area contributed by atoms with E-state index >= 15 is 0 Å². The molecule has 95 heavy (non-hydrogen) atoms. The van der Waals surface area contributed by atoms with Crippen molar-refractivity contribution in [2.24, 2.45) is 115 Å². The number of carbonyl (C=O) groups is 5. The van der Waals surface area contributed by atoms with Crippen LogP contribution in [0.5, 0.6) is 0 Å². The van der Waals surface area contributed by atoms with Crippen molar-refractivity contribution in [1.29, 1.82) is 0 Å². The minimum Gasteiger partial charge on any atom is -0.460 e. The molecule has 0 bridgehead atoms. The summed E-state index contributed by atoms with van der Waals surface area (Å²) in [6, 6.07) is 0. The van der Waals surface area contributed by atoms with E-state index in [0.717, 1.165) is 93.8 Å². The number of ether oxygens (including phenoxy) is 5. The number of esters is 5. The number of carbonyl (C=O) groups excluding carboxylic acids is 5. The molecule has 0 aromatic carbocycles. The van der Waals surface area contributed by atoms with Crippen molar-refractivity contribution in [1.82, 2.24) is 0 Å². The third-order valence-electron chi connectivity index (χ3n) is 23.0. The molecule has 0 heterocycles. The first kappa shape index (κ1) is 79.8. The van der Waals surface area contributed by atoms with Crippen LogP contribution in [-0.4, -0.2) is 90.6 Å². The Morgan fingerprint density at radius 2 is 0.442 bits per heavy atom. The third kappa shape index (κ3) is 20.1. The first-order valence-electron chi connectivity index (χ1n) is 37.0. The monoisotopic (exact) mass is 1330 g/mol. The van der Waals surface area contributed by atoms with Crippen LogP contribution in [-0.2, 0) is 47.7 Å². The highest BCUT2D eigenvalue weighted by molar-refractivity contribution is 5.73. The van der Waals surface area contributed by atoms with Gasteiger partial charge >= 0.3 is 29.8 Å². The van der Waals surface area contributed by atoms with Crippen molar-refractivity contribution in [2.45, 2.75) is 295 Å². The van der Waals surface area contributed by atoms with Gasteiger partial charge in [0.15, 0.2) is 0 Å². The third-order valence-corrected chi connectivity index (χ3v) is 23.0. The molecule has 0 spiro atoms. The normalized spacial score (nSPS) is 33.4. The maximum Gasteiger partial charge on any atom is 0.306 e. The number of allylic oxidation sites excluding steroid dienone is 10. The summed E-state index contributed by atoms with van der Waals surface area (Å²) in [4.78, 5) is 60.3. The van der Waals surface area contributed by atoms with Gasteiger partial charge in [0.1, 0.15) is 28.0 Å². The van der Waals surface area contributed by atoms with Crippen molar-refractivity contribution in [2.75, 3.05) is 32.7 Å². The second-order valence-corrected chi connectivity index (χ2v) is 36.0. The van der Waals surface area contributed by atoms with E-state index in [2.05, 4.69) is 65.0 Å². The first-order chi connectivity index (χ1) is 44.0. The highest BCUT2D eigenvalue weighted by Gasteiger charge is 2.59. The van der Waals surface area contributed by atoms with Crippen LogP contribution in [0.1, 0.15) is 267 Å². The number of fused-ring (bicyclic) bond motifs is 5. The minimum atomic E-state index is -0.407. The zero-order valence-corrected chi connectivity index (χ0v) is 63.3. The van der Waals surface area contributed by atoms with E-state index in [-0.39, 0.29) is 56.9 Å². The summed E-state index contributed by atoms with van der Waals surface area (Å²) in [5.41, 5.74) is 35.4. The Bertz CT molecular complexity index is 2410. The molecule has 10 rings (SSSR count). The van der Waals surface area contributed by atoms with Crippen molar-refractivity contribution in [3.63, 3.8) is 0 Å². The van der Waals surface area contributed by atoms with Gasteiger partial charge < -0.3 is 52.4 Å². The van der Waals surface area contributed by atoms with Crippen LogP contribution in [0, 0.1) is 86.3 Å². The molecule has 540 valence electrons. The van der Waals surface area contributed by atoms with Crippen LogP contribution in [0.2, 0.25) is 0 Å². The van der Waals surface area contributed by atoms with Crippen molar-refractivity contribution < 1.29 is 47.7 Å². The van der Waals surface area contributed by atoms with Crippen LogP contribution < -0.4 is 28.7 Å². The van der Waals surface area contributed by atoms with Crippen LogP contribution in [0.3, 0.4) is 0 Å². The van der Waals surface area contributed by atoms with Gasteiger partial charge in [-0.3, -0.25) is 24.0 Å². The van der Waals surface area contributed by atoms with Gasteiger partial charge in [-0.15, -0.1) is 0 Å². The Balaban J connectivity index is 0.000000188. The van der Waals surface area contributed by atoms with Gasteiger partial charge in [-0.05, 0) is 319 Å². The SMILES string of the molecule is CCC1=C[C@@H]2[C@H](C1)C[C@@]2(CN)CC(=O)OC(C)(C)C.CCC1=C[C@@H]2[C@H](C1)C[C@]2(CN)CC(=O)OC(C)(C)C.CCC1=C[C@@H]2[C@H](C1)C[C@]2(CN)CC(=O)OC(C)(C)C.CCC1=C[C@H]2[C@@H](C1)C[C@@]2(CN)CC(=O)OC(C)(C)C.CCC1=C[C@H]2[C@@H](C1)C[C@]2(CN)CC(=O)OC(C)(C)C. The smallest absolute Gasteiger partial charge is 0.306 e. The maximum atomic E-state index is 12.1. The summed E-state index contributed by atoms with van der Waals surface area (Å²) in [5.74, 6) is 5.60. The molecule has 10 N–H and O–H groups in total. The molecule has 10 aliphatic carbocycles. The molecule has 0 unspecified atom stereocenters. The zero-order chi connectivity index (χ0) is 71.3. The topological polar surface area (TPSA) is 262 Å². The first-order valence-corrected chi connectivity index (χ1v) is 37.0. The Morgan fingerprint density at radius 1 is 0.305 bits per heavy atom.